The minimum atomic E-state index is -0.262. The van der Waals surface area contributed by atoms with Gasteiger partial charge in [-0.3, -0.25) is 14.8 Å². The van der Waals surface area contributed by atoms with Crippen molar-refractivity contribution in [1.29, 1.82) is 0 Å². The normalized spacial score (nSPS) is 15.7. The first-order valence-electron chi connectivity index (χ1n) is 11.1. The van der Waals surface area contributed by atoms with E-state index in [4.69, 9.17) is 0 Å². The van der Waals surface area contributed by atoms with Crippen LogP contribution in [0.25, 0.3) is 11.3 Å². The first-order valence-corrected chi connectivity index (χ1v) is 11.1. The van der Waals surface area contributed by atoms with Crippen molar-refractivity contribution in [3.8, 4) is 11.3 Å². The molecule has 1 amide bonds. The molecule has 1 atom stereocenters. The number of hydrogen-bond acceptors (Lipinski definition) is 8. The van der Waals surface area contributed by atoms with Gasteiger partial charge in [0.1, 0.15) is 5.82 Å². The Kier molecular flexibility index (Phi) is 6.07. The van der Waals surface area contributed by atoms with Crippen molar-refractivity contribution in [3.05, 3.63) is 85.2 Å². The fraction of sp³-hybridized carbons (Fsp3) is 0.200. The average molecular weight is 453 g/mol. The van der Waals surface area contributed by atoms with E-state index in [1.807, 2.05) is 42.6 Å². The number of amides is 1. The summed E-state index contributed by atoms with van der Waals surface area (Å²) in [5.41, 5.74) is 2.72. The third-order valence-corrected chi connectivity index (χ3v) is 5.76. The van der Waals surface area contributed by atoms with E-state index in [0.717, 1.165) is 36.7 Å². The standard InChI is InChI=1S/C25H24N8O/c1-18-17-32(23-4-2-3-9-27-23)12-13-33(18)25-29-15-21(16-30-25)31-24(34)20-5-6-22(28-14-20)19-7-10-26-11-8-19/h2-11,14-16,18H,12-13,17H2,1H3,(H,31,34)/t18-/m0/s1. The minimum Gasteiger partial charge on any atom is -0.353 e. The van der Waals surface area contributed by atoms with E-state index in [1.165, 1.54) is 0 Å². The van der Waals surface area contributed by atoms with Crippen molar-refractivity contribution in [2.75, 3.05) is 34.8 Å². The number of nitrogens with one attached hydrogen (secondary N) is 1. The van der Waals surface area contributed by atoms with E-state index in [2.05, 4.69) is 47.0 Å². The Labute approximate surface area is 197 Å². The minimum absolute atomic E-state index is 0.223. The zero-order valence-corrected chi connectivity index (χ0v) is 18.7. The fourth-order valence-electron chi connectivity index (χ4n) is 3.96. The van der Waals surface area contributed by atoms with Gasteiger partial charge in [0, 0.05) is 56.0 Å². The second-order valence-electron chi connectivity index (χ2n) is 8.07. The van der Waals surface area contributed by atoms with E-state index in [0.29, 0.717) is 17.2 Å². The lowest BCUT2D eigenvalue weighted by Crippen LogP contribution is -2.53. The number of hydrogen-bond donors (Lipinski definition) is 1. The van der Waals surface area contributed by atoms with Gasteiger partial charge in [-0.1, -0.05) is 6.07 Å². The van der Waals surface area contributed by atoms with Gasteiger partial charge in [-0.2, -0.15) is 0 Å². The van der Waals surface area contributed by atoms with E-state index in [-0.39, 0.29) is 11.9 Å². The molecule has 34 heavy (non-hydrogen) atoms. The summed E-state index contributed by atoms with van der Waals surface area (Å²) in [5, 5.41) is 2.84. The maximum atomic E-state index is 12.6. The van der Waals surface area contributed by atoms with Gasteiger partial charge in [0.15, 0.2) is 0 Å². The molecule has 1 N–H and O–H groups in total. The van der Waals surface area contributed by atoms with Gasteiger partial charge < -0.3 is 15.1 Å². The fourth-order valence-corrected chi connectivity index (χ4v) is 3.96. The molecule has 1 fully saturated rings. The van der Waals surface area contributed by atoms with Crippen LogP contribution >= 0.6 is 0 Å². The topological polar surface area (TPSA) is 100 Å². The SMILES string of the molecule is C[C@H]1CN(c2ccccn2)CCN1c1ncc(NC(=O)c2ccc(-c3ccncc3)nc2)cn1. The summed E-state index contributed by atoms with van der Waals surface area (Å²) in [6.07, 6.45) is 10.1. The summed E-state index contributed by atoms with van der Waals surface area (Å²) in [4.78, 5) is 38.9. The molecule has 9 heteroatoms. The van der Waals surface area contributed by atoms with Crippen LogP contribution < -0.4 is 15.1 Å². The van der Waals surface area contributed by atoms with Crippen LogP contribution in [0.5, 0.6) is 0 Å². The summed E-state index contributed by atoms with van der Waals surface area (Å²) >= 11 is 0. The Bertz CT molecular complexity index is 1230. The van der Waals surface area contributed by atoms with Gasteiger partial charge in [0.25, 0.3) is 5.91 Å². The molecular formula is C25H24N8O. The molecule has 9 nitrogen and oxygen atoms in total. The van der Waals surface area contributed by atoms with Gasteiger partial charge in [-0.05, 0) is 43.3 Å². The lowest BCUT2D eigenvalue weighted by molar-refractivity contribution is 0.102. The summed E-state index contributed by atoms with van der Waals surface area (Å²) in [6, 6.07) is 13.5. The molecule has 5 rings (SSSR count). The molecule has 0 radical (unpaired) electrons. The monoisotopic (exact) mass is 452 g/mol. The van der Waals surface area contributed by atoms with Crippen LogP contribution in [0.15, 0.2) is 79.6 Å². The van der Waals surface area contributed by atoms with Gasteiger partial charge in [0.2, 0.25) is 5.95 Å². The maximum Gasteiger partial charge on any atom is 0.257 e. The Morgan fingerprint density at radius 3 is 2.41 bits per heavy atom. The lowest BCUT2D eigenvalue weighted by Gasteiger charge is -2.40. The van der Waals surface area contributed by atoms with Gasteiger partial charge in [-0.25, -0.2) is 15.0 Å². The number of carbonyl (C=O) groups excluding carboxylic acids is 1. The second kappa shape index (κ2) is 9.62. The number of aromatic nitrogens is 5. The van der Waals surface area contributed by atoms with Crippen molar-refractivity contribution < 1.29 is 4.79 Å². The molecule has 4 aromatic rings. The number of rotatable bonds is 5. The molecule has 0 spiro atoms. The highest BCUT2D eigenvalue weighted by atomic mass is 16.1. The molecule has 0 unspecified atom stereocenters. The van der Waals surface area contributed by atoms with Crippen molar-refractivity contribution in [3.63, 3.8) is 0 Å². The van der Waals surface area contributed by atoms with E-state index in [1.54, 1.807) is 37.1 Å². The maximum absolute atomic E-state index is 12.6. The molecule has 0 saturated carbocycles. The Morgan fingerprint density at radius 2 is 1.74 bits per heavy atom. The second-order valence-corrected chi connectivity index (χ2v) is 8.07. The first-order chi connectivity index (χ1) is 16.7. The molecule has 0 bridgehead atoms. The van der Waals surface area contributed by atoms with E-state index < -0.39 is 0 Å². The van der Waals surface area contributed by atoms with Crippen LogP contribution in [0, 0.1) is 0 Å². The van der Waals surface area contributed by atoms with Crippen LogP contribution in [0.4, 0.5) is 17.5 Å². The van der Waals surface area contributed by atoms with Gasteiger partial charge in [-0.15, -0.1) is 0 Å². The Hall–Kier alpha value is -4.40. The first kappa shape index (κ1) is 21.4. The van der Waals surface area contributed by atoms with Crippen molar-refractivity contribution >= 4 is 23.4 Å². The molecule has 4 aromatic heterocycles. The summed E-state index contributed by atoms with van der Waals surface area (Å²) in [5.74, 6) is 1.37. The molecule has 5 heterocycles. The molecule has 170 valence electrons. The molecule has 1 saturated heterocycles. The number of anilines is 3. The summed E-state index contributed by atoms with van der Waals surface area (Å²) in [6.45, 7) is 4.61. The number of piperazine rings is 1. The Balaban J connectivity index is 1.20. The van der Waals surface area contributed by atoms with Crippen LogP contribution in [0.1, 0.15) is 17.3 Å². The predicted molar refractivity (Wildman–Crippen MR) is 131 cm³/mol. The molecule has 0 aromatic carbocycles. The van der Waals surface area contributed by atoms with Gasteiger partial charge in [0.05, 0.1) is 29.3 Å². The highest BCUT2D eigenvalue weighted by Gasteiger charge is 2.26. The Morgan fingerprint density at radius 1 is 0.912 bits per heavy atom. The zero-order valence-electron chi connectivity index (χ0n) is 18.7. The summed E-state index contributed by atoms with van der Waals surface area (Å²) in [7, 11) is 0. The third-order valence-electron chi connectivity index (χ3n) is 5.76. The van der Waals surface area contributed by atoms with Crippen LogP contribution in [-0.4, -0.2) is 56.5 Å². The smallest absolute Gasteiger partial charge is 0.257 e. The lowest BCUT2D eigenvalue weighted by atomic mass is 10.1. The van der Waals surface area contributed by atoms with Crippen LogP contribution in [0.3, 0.4) is 0 Å². The highest BCUT2D eigenvalue weighted by Crippen LogP contribution is 2.21. The average Bonchev–Trinajstić information content (AvgIpc) is 2.90. The van der Waals surface area contributed by atoms with Crippen molar-refractivity contribution in [2.45, 2.75) is 13.0 Å². The molecule has 0 aliphatic carbocycles. The molecular weight excluding hydrogens is 428 g/mol. The third kappa shape index (κ3) is 4.68. The van der Waals surface area contributed by atoms with Crippen molar-refractivity contribution in [1.82, 2.24) is 24.9 Å². The van der Waals surface area contributed by atoms with Crippen LogP contribution in [-0.2, 0) is 0 Å². The molecule has 1 aliphatic heterocycles. The van der Waals surface area contributed by atoms with Crippen molar-refractivity contribution in [2.24, 2.45) is 0 Å². The van der Waals surface area contributed by atoms with E-state index in [9.17, 15) is 4.79 Å². The number of pyridine rings is 3. The van der Waals surface area contributed by atoms with Gasteiger partial charge >= 0.3 is 0 Å². The van der Waals surface area contributed by atoms with Crippen LogP contribution in [0.2, 0.25) is 0 Å². The zero-order chi connectivity index (χ0) is 23.3. The largest absolute Gasteiger partial charge is 0.353 e. The quantitative estimate of drug-likeness (QED) is 0.492. The van der Waals surface area contributed by atoms with E-state index >= 15 is 0 Å². The number of carbonyl (C=O) groups is 1. The molecule has 1 aliphatic rings. The number of nitrogens with zero attached hydrogens (tertiary/aromatic N) is 7. The predicted octanol–water partition coefficient (Wildman–Crippen LogP) is 3.30. The summed E-state index contributed by atoms with van der Waals surface area (Å²) < 4.78 is 0. The highest BCUT2D eigenvalue weighted by molar-refractivity contribution is 6.04.